The van der Waals surface area contributed by atoms with Gasteiger partial charge in [0.05, 0.1) is 7.11 Å². The van der Waals surface area contributed by atoms with Crippen molar-refractivity contribution in [2.24, 2.45) is 0 Å². The highest BCUT2D eigenvalue weighted by Crippen LogP contribution is 2.22. The first-order chi connectivity index (χ1) is 16.5. The number of benzene rings is 3. The third-order valence-electron chi connectivity index (χ3n) is 6.36. The van der Waals surface area contributed by atoms with Crippen LogP contribution in [0.1, 0.15) is 51.2 Å². The van der Waals surface area contributed by atoms with Crippen molar-refractivity contribution in [2.45, 2.75) is 65.1 Å². The Kier molecular flexibility index (Phi) is 9.08. The lowest BCUT2D eigenvalue weighted by molar-refractivity contribution is -0.141. The molecule has 3 rings (SSSR count). The van der Waals surface area contributed by atoms with Crippen molar-refractivity contribution >= 4 is 22.6 Å². The van der Waals surface area contributed by atoms with Gasteiger partial charge in [-0.15, -0.1) is 0 Å². The number of rotatable bonds is 11. The van der Waals surface area contributed by atoms with Gasteiger partial charge in [-0.1, -0.05) is 68.4 Å². The van der Waals surface area contributed by atoms with Crippen LogP contribution < -0.4 is 10.1 Å². The van der Waals surface area contributed by atoms with Crippen LogP contribution in [0.2, 0.25) is 0 Å². The SMILES string of the molecule is CC[C@@H](C)NC(=O)[C@@H](CC)N(Cc1cccc(OC)c1)C(=O)CCc1cccc2ccccc12. The Morgan fingerprint density at radius 1 is 0.971 bits per heavy atom. The van der Waals surface area contributed by atoms with E-state index in [2.05, 4.69) is 29.6 Å². The van der Waals surface area contributed by atoms with Crippen molar-refractivity contribution in [3.63, 3.8) is 0 Å². The number of aryl methyl sites for hydroxylation is 1. The topological polar surface area (TPSA) is 58.6 Å². The van der Waals surface area contributed by atoms with Gasteiger partial charge in [-0.05, 0) is 60.2 Å². The smallest absolute Gasteiger partial charge is 0.243 e. The van der Waals surface area contributed by atoms with E-state index in [0.29, 0.717) is 25.8 Å². The minimum absolute atomic E-state index is 0.0260. The number of hydrogen-bond donors (Lipinski definition) is 1. The van der Waals surface area contributed by atoms with Crippen LogP contribution in [0.25, 0.3) is 10.8 Å². The predicted octanol–water partition coefficient (Wildman–Crippen LogP) is 5.50. The Labute approximate surface area is 203 Å². The Balaban J connectivity index is 1.84. The molecule has 0 aliphatic rings. The van der Waals surface area contributed by atoms with Crippen LogP contribution in [0.15, 0.2) is 66.7 Å². The number of carbonyl (C=O) groups is 2. The number of nitrogens with zero attached hydrogens (tertiary/aromatic N) is 1. The molecule has 0 aromatic heterocycles. The zero-order valence-electron chi connectivity index (χ0n) is 20.7. The maximum absolute atomic E-state index is 13.6. The van der Waals surface area contributed by atoms with Crippen LogP contribution in [0.4, 0.5) is 0 Å². The normalized spacial score (nSPS) is 12.7. The summed E-state index contributed by atoms with van der Waals surface area (Å²) < 4.78 is 5.36. The molecular formula is C29H36N2O3. The molecule has 0 aliphatic carbocycles. The first-order valence-corrected chi connectivity index (χ1v) is 12.2. The van der Waals surface area contributed by atoms with Gasteiger partial charge >= 0.3 is 0 Å². The van der Waals surface area contributed by atoms with E-state index < -0.39 is 6.04 Å². The van der Waals surface area contributed by atoms with E-state index >= 15 is 0 Å². The fourth-order valence-corrected chi connectivity index (χ4v) is 4.22. The minimum atomic E-state index is -0.528. The summed E-state index contributed by atoms with van der Waals surface area (Å²) in [7, 11) is 1.63. The van der Waals surface area contributed by atoms with Gasteiger partial charge < -0.3 is 15.0 Å². The molecule has 1 N–H and O–H groups in total. The Morgan fingerprint density at radius 3 is 2.44 bits per heavy atom. The van der Waals surface area contributed by atoms with Crippen molar-refractivity contribution < 1.29 is 14.3 Å². The summed E-state index contributed by atoms with van der Waals surface area (Å²) in [6.07, 6.45) is 2.35. The van der Waals surface area contributed by atoms with Crippen LogP contribution >= 0.6 is 0 Å². The third-order valence-corrected chi connectivity index (χ3v) is 6.36. The molecular weight excluding hydrogens is 424 g/mol. The number of fused-ring (bicyclic) bond motifs is 1. The van der Waals surface area contributed by atoms with Crippen LogP contribution in [0.5, 0.6) is 5.75 Å². The van der Waals surface area contributed by atoms with E-state index in [1.165, 1.54) is 10.8 Å². The first kappa shape index (κ1) is 25.3. The van der Waals surface area contributed by atoms with Gasteiger partial charge in [0.25, 0.3) is 0 Å². The lowest BCUT2D eigenvalue weighted by atomic mass is 10.00. The molecule has 3 aromatic rings. The van der Waals surface area contributed by atoms with Crippen LogP contribution in [-0.4, -0.2) is 35.9 Å². The molecule has 0 bridgehead atoms. The number of carbonyl (C=O) groups excluding carboxylic acids is 2. The standard InChI is InChI=1S/C29H36N2O3/c1-5-21(3)30-29(33)27(6-2)31(20-22-11-9-15-25(19-22)34-4)28(32)18-17-24-14-10-13-23-12-7-8-16-26(23)24/h7-16,19,21,27H,5-6,17-18,20H2,1-4H3,(H,30,33)/t21-,27-/m1/s1. The van der Waals surface area contributed by atoms with Crippen LogP contribution in [0.3, 0.4) is 0 Å². The maximum Gasteiger partial charge on any atom is 0.243 e. The molecule has 0 unspecified atom stereocenters. The summed E-state index contributed by atoms with van der Waals surface area (Å²) in [5.41, 5.74) is 2.08. The summed E-state index contributed by atoms with van der Waals surface area (Å²) in [6, 6.07) is 21.6. The fraction of sp³-hybridized carbons (Fsp3) is 0.379. The molecule has 5 nitrogen and oxygen atoms in total. The Hall–Kier alpha value is -3.34. The van der Waals surface area contributed by atoms with Gasteiger partial charge in [-0.2, -0.15) is 0 Å². The number of ether oxygens (including phenoxy) is 1. The van der Waals surface area contributed by atoms with E-state index in [1.807, 2.05) is 63.2 Å². The second-order valence-electron chi connectivity index (χ2n) is 8.75. The first-order valence-electron chi connectivity index (χ1n) is 12.2. The molecule has 0 fully saturated rings. The molecule has 0 spiro atoms. The molecule has 2 atom stereocenters. The molecule has 0 radical (unpaired) electrons. The monoisotopic (exact) mass is 460 g/mol. The lowest BCUT2D eigenvalue weighted by Gasteiger charge is -2.31. The molecule has 34 heavy (non-hydrogen) atoms. The second-order valence-corrected chi connectivity index (χ2v) is 8.75. The average Bonchev–Trinajstić information content (AvgIpc) is 2.87. The number of nitrogens with one attached hydrogen (secondary N) is 1. The summed E-state index contributed by atoms with van der Waals surface area (Å²) >= 11 is 0. The molecule has 3 aromatic carbocycles. The van der Waals surface area contributed by atoms with Crippen molar-refractivity contribution in [1.82, 2.24) is 10.2 Å². The van der Waals surface area contributed by atoms with Gasteiger partial charge in [0.2, 0.25) is 11.8 Å². The molecule has 2 amide bonds. The van der Waals surface area contributed by atoms with E-state index in [9.17, 15) is 9.59 Å². The van der Waals surface area contributed by atoms with E-state index in [-0.39, 0.29) is 17.9 Å². The quantitative estimate of drug-likeness (QED) is 0.411. The fourth-order valence-electron chi connectivity index (χ4n) is 4.22. The van der Waals surface area contributed by atoms with Gasteiger partial charge in [0.1, 0.15) is 11.8 Å². The molecule has 0 heterocycles. The van der Waals surface area contributed by atoms with Crippen LogP contribution in [0, 0.1) is 0 Å². The zero-order valence-corrected chi connectivity index (χ0v) is 20.7. The van der Waals surface area contributed by atoms with Gasteiger partial charge in [-0.25, -0.2) is 0 Å². The molecule has 0 saturated carbocycles. The van der Waals surface area contributed by atoms with Crippen molar-refractivity contribution in [2.75, 3.05) is 7.11 Å². The highest BCUT2D eigenvalue weighted by Gasteiger charge is 2.29. The highest BCUT2D eigenvalue weighted by molar-refractivity contribution is 5.89. The molecule has 5 heteroatoms. The van der Waals surface area contributed by atoms with Gasteiger partial charge in [0, 0.05) is 19.0 Å². The third kappa shape index (κ3) is 6.37. The van der Waals surface area contributed by atoms with E-state index in [4.69, 9.17) is 4.74 Å². The number of methoxy groups -OCH3 is 1. The average molecular weight is 461 g/mol. The van der Waals surface area contributed by atoms with Crippen molar-refractivity contribution in [3.8, 4) is 5.75 Å². The predicted molar refractivity (Wildman–Crippen MR) is 138 cm³/mol. The van der Waals surface area contributed by atoms with Crippen LogP contribution in [-0.2, 0) is 22.6 Å². The van der Waals surface area contributed by atoms with Crippen molar-refractivity contribution in [1.29, 1.82) is 0 Å². The summed E-state index contributed by atoms with van der Waals surface area (Å²) in [4.78, 5) is 28.4. The minimum Gasteiger partial charge on any atom is -0.497 e. The second kappa shape index (κ2) is 12.2. The number of amides is 2. The Morgan fingerprint density at radius 2 is 1.71 bits per heavy atom. The molecule has 0 aliphatic heterocycles. The maximum atomic E-state index is 13.6. The van der Waals surface area contributed by atoms with Gasteiger partial charge in [0.15, 0.2) is 0 Å². The molecule has 0 saturated heterocycles. The van der Waals surface area contributed by atoms with Crippen molar-refractivity contribution in [3.05, 3.63) is 77.9 Å². The van der Waals surface area contributed by atoms with E-state index in [0.717, 1.165) is 23.3 Å². The van der Waals surface area contributed by atoms with E-state index in [1.54, 1.807) is 12.0 Å². The molecule has 180 valence electrons. The summed E-state index contributed by atoms with van der Waals surface area (Å²) in [6.45, 7) is 6.34. The number of hydrogen-bond acceptors (Lipinski definition) is 3. The van der Waals surface area contributed by atoms with Gasteiger partial charge in [-0.3, -0.25) is 9.59 Å². The zero-order chi connectivity index (χ0) is 24.5. The summed E-state index contributed by atoms with van der Waals surface area (Å²) in [5.74, 6) is 0.609. The highest BCUT2D eigenvalue weighted by atomic mass is 16.5. The Bertz CT molecular complexity index is 1110. The lowest BCUT2D eigenvalue weighted by Crippen LogP contribution is -2.50. The summed E-state index contributed by atoms with van der Waals surface area (Å²) in [5, 5.41) is 5.40. The largest absolute Gasteiger partial charge is 0.497 e.